The first-order chi connectivity index (χ1) is 5.77. The molecule has 1 aliphatic carbocycles. The molecular weight excluding hydrogens is 146 g/mol. The third kappa shape index (κ3) is 1.52. The van der Waals surface area contributed by atoms with Crippen molar-refractivity contribution in [2.45, 2.75) is 58.0 Å². The minimum atomic E-state index is 0.776. The summed E-state index contributed by atoms with van der Waals surface area (Å²) in [4.78, 5) is 2.73. The van der Waals surface area contributed by atoms with Crippen LogP contribution in [-0.2, 0) is 0 Å². The summed E-state index contributed by atoms with van der Waals surface area (Å²) in [5.74, 6) is 1.04. The van der Waals surface area contributed by atoms with Crippen LogP contribution in [0.1, 0.15) is 46.0 Å². The van der Waals surface area contributed by atoms with Crippen molar-refractivity contribution in [1.82, 2.24) is 4.90 Å². The number of fused-ring (bicyclic) bond motifs is 2. The summed E-state index contributed by atoms with van der Waals surface area (Å²) in [6.45, 7) is 6.08. The zero-order valence-corrected chi connectivity index (χ0v) is 8.42. The van der Waals surface area contributed by atoms with Gasteiger partial charge in [-0.15, -0.1) is 0 Å². The second-order valence-corrected chi connectivity index (χ2v) is 4.83. The molecule has 12 heavy (non-hydrogen) atoms. The molecule has 1 saturated heterocycles. The van der Waals surface area contributed by atoms with Crippen molar-refractivity contribution < 1.29 is 0 Å². The first kappa shape index (κ1) is 8.55. The molecule has 0 aromatic heterocycles. The van der Waals surface area contributed by atoms with Crippen molar-refractivity contribution >= 4 is 0 Å². The van der Waals surface area contributed by atoms with E-state index >= 15 is 0 Å². The van der Waals surface area contributed by atoms with E-state index in [0.29, 0.717) is 0 Å². The number of hydrogen-bond donors (Lipinski definition) is 0. The number of hydrogen-bond acceptors (Lipinski definition) is 1. The van der Waals surface area contributed by atoms with E-state index in [1.807, 2.05) is 0 Å². The van der Waals surface area contributed by atoms with Crippen molar-refractivity contribution in [3.05, 3.63) is 0 Å². The Morgan fingerprint density at radius 1 is 1.17 bits per heavy atom. The normalized spacial score (nSPS) is 37.2. The zero-order valence-electron chi connectivity index (χ0n) is 8.42. The van der Waals surface area contributed by atoms with Crippen molar-refractivity contribution in [2.24, 2.45) is 5.92 Å². The van der Waals surface area contributed by atoms with Crippen molar-refractivity contribution in [3.8, 4) is 0 Å². The molecular formula is C11H21N. The Labute approximate surface area is 76.1 Å². The maximum atomic E-state index is 2.73. The molecule has 1 heteroatoms. The predicted octanol–water partition coefficient (Wildman–Crippen LogP) is 2.66. The number of nitrogens with zero attached hydrogens (tertiary/aromatic N) is 1. The van der Waals surface area contributed by atoms with Gasteiger partial charge in [0.1, 0.15) is 0 Å². The Morgan fingerprint density at radius 3 is 2.67 bits per heavy atom. The third-order valence-corrected chi connectivity index (χ3v) is 3.61. The second kappa shape index (κ2) is 3.37. The van der Waals surface area contributed by atoms with Gasteiger partial charge in [0, 0.05) is 18.6 Å². The van der Waals surface area contributed by atoms with Gasteiger partial charge >= 0.3 is 0 Å². The van der Waals surface area contributed by atoms with Crippen LogP contribution in [0.25, 0.3) is 0 Å². The van der Waals surface area contributed by atoms with Gasteiger partial charge in [0.2, 0.25) is 0 Å². The fourth-order valence-electron chi connectivity index (χ4n) is 2.98. The van der Waals surface area contributed by atoms with Gasteiger partial charge in [-0.25, -0.2) is 0 Å². The van der Waals surface area contributed by atoms with Crippen LogP contribution < -0.4 is 0 Å². The molecule has 0 spiro atoms. The van der Waals surface area contributed by atoms with Crippen LogP contribution in [-0.4, -0.2) is 23.5 Å². The van der Waals surface area contributed by atoms with Crippen LogP contribution in [0.15, 0.2) is 0 Å². The highest BCUT2D eigenvalue weighted by Crippen LogP contribution is 2.34. The molecule has 2 bridgehead atoms. The molecule has 0 amide bonds. The van der Waals surface area contributed by atoms with E-state index in [0.717, 1.165) is 18.0 Å². The molecule has 1 nitrogen and oxygen atoms in total. The summed E-state index contributed by atoms with van der Waals surface area (Å²) in [7, 11) is 0. The topological polar surface area (TPSA) is 3.24 Å². The molecule has 0 aromatic carbocycles. The summed E-state index contributed by atoms with van der Waals surface area (Å²) in [6, 6.07) is 1.72. The number of likely N-dealkylation sites (tertiary alicyclic amines) is 1. The van der Waals surface area contributed by atoms with Crippen LogP contribution in [0.2, 0.25) is 0 Å². The molecule has 2 fully saturated rings. The van der Waals surface area contributed by atoms with Crippen LogP contribution >= 0.6 is 0 Å². The molecule has 2 unspecified atom stereocenters. The van der Waals surface area contributed by atoms with Gasteiger partial charge in [0.15, 0.2) is 0 Å². The van der Waals surface area contributed by atoms with Gasteiger partial charge in [-0.05, 0) is 39.0 Å². The van der Waals surface area contributed by atoms with E-state index in [1.165, 1.54) is 38.6 Å². The SMILES string of the molecule is CC(C)N1CC2CCCCC1C2. The summed E-state index contributed by atoms with van der Waals surface area (Å²) in [6.07, 6.45) is 7.43. The fourth-order valence-corrected chi connectivity index (χ4v) is 2.98. The van der Waals surface area contributed by atoms with E-state index in [2.05, 4.69) is 18.7 Å². The molecule has 2 atom stereocenters. The smallest absolute Gasteiger partial charge is 0.0101 e. The molecule has 0 aromatic rings. The van der Waals surface area contributed by atoms with E-state index in [4.69, 9.17) is 0 Å². The Balaban J connectivity index is 2.02. The fraction of sp³-hybridized carbons (Fsp3) is 1.00. The van der Waals surface area contributed by atoms with Crippen molar-refractivity contribution in [2.75, 3.05) is 6.54 Å². The van der Waals surface area contributed by atoms with E-state index < -0.39 is 0 Å². The lowest BCUT2D eigenvalue weighted by molar-refractivity contribution is 0.183. The van der Waals surface area contributed by atoms with Crippen molar-refractivity contribution in [3.63, 3.8) is 0 Å². The Kier molecular flexibility index (Phi) is 2.40. The third-order valence-electron chi connectivity index (χ3n) is 3.61. The maximum absolute atomic E-state index is 2.73. The Hall–Kier alpha value is -0.0400. The Morgan fingerprint density at radius 2 is 1.92 bits per heavy atom. The van der Waals surface area contributed by atoms with E-state index in [-0.39, 0.29) is 0 Å². The van der Waals surface area contributed by atoms with E-state index in [9.17, 15) is 0 Å². The molecule has 1 heterocycles. The standard InChI is InChI=1S/C11H21N/c1-9(2)12-8-10-5-3-4-6-11(12)7-10/h9-11H,3-8H2,1-2H3. The van der Waals surface area contributed by atoms with Crippen molar-refractivity contribution in [1.29, 1.82) is 0 Å². The molecule has 2 rings (SSSR count). The average molecular weight is 167 g/mol. The monoisotopic (exact) mass is 167 g/mol. The summed E-state index contributed by atoms with van der Waals surface area (Å²) in [5, 5.41) is 0. The summed E-state index contributed by atoms with van der Waals surface area (Å²) >= 11 is 0. The van der Waals surface area contributed by atoms with Crippen LogP contribution in [0.3, 0.4) is 0 Å². The molecule has 0 radical (unpaired) electrons. The second-order valence-electron chi connectivity index (χ2n) is 4.83. The lowest BCUT2D eigenvalue weighted by Gasteiger charge is -2.29. The Bertz CT molecular complexity index is 153. The van der Waals surface area contributed by atoms with Gasteiger partial charge < -0.3 is 0 Å². The minimum Gasteiger partial charge on any atom is -0.298 e. The highest BCUT2D eigenvalue weighted by atomic mass is 15.2. The van der Waals surface area contributed by atoms with Crippen LogP contribution in [0.5, 0.6) is 0 Å². The first-order valence-corrected chi connectivity index (χ1v) is 5.53. The molecule has 0 N–H and O–H groups in total. The highest BCUT2D eigenvalue weighted by Gasteiger charge is 2.34. The largest absolute Gasteiger partial charge is 0.298 e. The summed E-state index contributed by atoms with van der Waals surface area (Å²) in [5.41, 5.74) is 0. The number of rotatable bonds is 1. The van der Waals surface area contributed by atoms with Gasteiger partial charge in [0.25, 0.3) is 0 Å². The quantitative estimate of drug-likeness (QED) is 0.580. The van der Waals surface area contributed by atoms with Gasteiger partial charge in [0.05, 0.1) is 0 Å². The van der Waals surface area contributed by atoms with Gasteiger partial charge in [-0.2, -0.15) is 0 Å². The van der Waals surface area contributed by atoms with Gasteiger partial charge in [-0.3, -0.25) is 4.90 Å². The highest BCUT2D eigenvalue weighted by molar-refractivity contribution is 4.88. The lowest BCUT2D eigenvalue weighted by atomic mass is 10.0. The van der Waals surface area contributed by atoms with Gasteiger partial charge in [-0.1, -0.05) is 12.8 Å². The zero-order chi connectivity index (χ0) is 8.55. The summed E-state index contributed by atoms with van der Waals surface area (Å²) < 4.78 is 0. The lowest BCUT2D eigenvalue weighted by Crippen LogP contribution is -2.36. The minimum absolute atomic E-state index is 0.776. The molecule has 1 saturated carbocycles. The van der Waals surface area contributed by atoms with Crippen LogP contribution in [0, 0.1) is 5.92 Å². The maximum Gasteiger partial charge on any atom is 0.0101 e. The molecule has 70 valence electrons. The predicted molar refractivity (Wildman–Crippen MR) is 52.2 cm³/mol. The van der Waals surface area contributed by atoms with E-state index in [1.54, 1.807) is 0 Å². The molecule has 2 aliphatic rings. The molecule has 1 aliphatic heterocycles. The first-order valence-electron chi connectivity index (χ1n) is 5.53. The van der Waals surface area contributed by atoms with Crippen LogP contribution in [0.4, 0.5) is 0 Å². The average Bonchev–Trinajstić information content (AvgIpc) is 2.23.